The van der Waals surface area contributed by atoms with Crippen molar-refractivity contribution in [2.24, 2.45) is 9.98 Å². The molecule has 1 N–H and O–H groups in total. The average molecular weight is 274 g/mol. The fraction of sp³-hybridized carbons (Fsp3) is 0.0769. The molecule has 2 aromatic carbocycles. The highest BCUT2D eigenvalue weighted by Gasteiger charge is 2.46. The van der Waals surface area contributed by atoms with Crippen molar-refractivity contribution < 1.29 is 13.0 Å². The van der Waals surface area contributed by atoms with Crippen LogP contribution in [0.1, 0.15) is 5.56 Å². The first kappa shape index (κ1) is 12.0. The van der Waals surface area contributed by atoms with Crippen LogP contribution in [0, 0.1) is 0 Å². The number of nitrogens with zero attached hydrogens (tertiary/aromatic N) is 2. The van der Waals surface area contributed by atoms with Gasteiger partial charge in [0.05, 0.1) is 10.7 Å². The van der Waals surface area contributed by atoms with Crippen molar-refractivity contribution in [2.45, 2.75) is 4.99 Å². The Morgan fingerprint density at radius 3 is 1.79 bits per heavy atom. The van der Waals surface area contributed by atoms with E-state index >= 15 is 0 Å². The molecule has 3 rings (SSSR count). The molecular formula is C13H10N2O3S. The Kier molecular flexibility index (Phi) is 2.51. The molecule has 0 saturated heterocycles. The second-order valence-electron chi connectivity index (χ2n) is 4.16. The zero-order valence-corrected chi connectivity index (χ0v) is 10.6. The van der Waals surface area contributed by atoms with Gasteiger partial charge >= 0.3 is 15.1 Å². The van der Waals surface area contributed by atoms with E-state index in [1.807, 2.05) is 0 Å². The molecule has 19 heavy (non-hydrogen) atoms. The minimum atomic E-state index is -4.52. The van der Waals surface area contributed by atoms with Crippen molar-refractivity contribution in [3.63, 3.8) is 0 Å². The van der Waals surface area contributed by atoms with Crippen LogP contribution in [0.2, 0.25) is 0 Å². The van der Waals surface area contributed by atoms with E-state index in [9.17, 15) is 13.0 Å². The van der Waals surface area contributed by atoms with Crippen LogP contribution in [0.5, 0.6) is 0 Å². The Labute approximate surface area is 109 Å². The highest BCUT2D eigenvalue weighted by Crippen LogP contribution is 2.33. The van der Waals surface area contributed by atoms with Gasteiger partial charge in [0.15, 0.2) is 0 Å². The van der Waals surface area contributed by atoms with E-state index in [4.69, 9.17) is 0 Å². The van der Waals surface area contributed by atoms with Crippen LogP contribution in [0.15, 0.2) is 64.6 Å². The van der Waals surface area contributed by atoms with Crippen molar-refractivity contribution in [3.8, 4) is 0 Å². The summed E-state index contributed by atoms with van der Waals surface area (Å²) in [5.74, 6) is 0. The van der Waals surface area contributed by atoms with Gasteiger partial charge in [0, 0.05) is 5.56 Å². The lowest BCUT2D eigenvalue weighted by atomic mass is 10.2. The molecule has 6 heteroatoms. The van der Waals surface area contributed by atoms with E-state index in [2.05, 4.69) is 9.98 Å². The molecule has 0 spiro atoms. The number of hydrogen-bond donors (Lipinski definition) is 1. The first-order valence-corrected chi connectivity index (χ1v) is 7.04. The topological polar surface area (TPSA) is 79.1 Å². The van der Waals surface area contributed by atoms with E-state index < -0.39 is 15.1 Å². The van der Waals surface area contributed by atoms with Crippen LogP contribution >= 0.6 is 0 Å². The van der Waals surface area contributed by atoms with Gasteiger partial charge in [-0.2, -0.15) is 8.42 Å². The van der Waals surface area contributed by atoms with E-state index in [-0.39, 0.29) is 0 Å². The molecule has 0 saturated carbocycles. The van der Waals surface area contributed by atoms with E-state index in [1.165, 1.54) is 0 Å². The molecule has 0 bridgehead atoms. The minimum absolute atomic E-state index is 0.314. The maximum Gasteiger partial charge on any atom is 0.317 e. The van der Waals surface area contributed by atoms with E-state index in [1.54, 1.807) is 54.6 Å². The quantitative estimate of drug-likeness (QED) is 0.816. The largest absolute Gasteiger partial charge is 0.317 e. The third-order valence-electron chi connectivity index (χ3n) is 2.94. The van der Waals surface area contributed by atoms with Crippen molar-refractivity contribution >= 4 is 10.1 Å². The normalized spacial score (nSPS) is 16.3. The molecular weight excluding hydrogens is 264 g/mol. The van der Waals surface area contributed by atoms with Crippen LogP contribution in [0.25, 0.3) is 0 Å². The highest BCUT2D eigenvalue weighted by molar-refractivity contribution is 7.86. The lowest BCUT2D eigenvalue weighted by Gasteiger charge is -2.19. The van der Waals surface area contributed by atoms with Gasteiger partial charge in [-0.1, -0.05) is 42.5 Å². The number of fused-ring (bicyclic) bond motifs is 1. The third-order valence-corrected chi connectivity index (χ3v) is 4.07. The van der Waals surface area contributed by atoms with Gasteiger partial charge < -0.3 is 0 Å². The summed E-state index contributed by atoms with van der Waals surface area (Å²) in [4.78, 5) is 6.25. The van der Waals surface area contributed by atoms with E-state index in [0.29, 0.717) is 16.3 Å². The molecule has 96 valence electrons. The summed E-state index contributed by atoms with van der Waals surface area (Å²) in [5, 5.41) is 0.896. The second-order valence-corrected chi connectivity index (χ2v) is 5.68. The Morgan fingerprint density at radius 1 is 0.842 bits per heavy atom. The predicted octanol–water partition coefficient (Wildman–Crippen LogP) is 0.638. The van der Waals surface area contributed by atoms with Crippen molar-refractivity contribution in [2.75, 3.05) is 0 Å². The number of hydrogen-bond acceptors (Lipinski definition) is 4. The van der Waals surface area contributed by atoms with Crippen molar-refractivity contribution in [3.05, 3.63) is 70.9 Å². The molecule has 0 aromatic heterocycles. The van der Waals surface area contributed by atoms with Crippen LogP contribution in [-0.2, 0) is 15.1 Å². The van der Waals surface area contributed by atoms with Crippen LogP contribution < -0.4 is 10.7 Å². The summed E-state index contributed by atoms with van der Waals surface area (Å²) in [6.07, 6.45) is 0. The Morgan fingerprint density at radius 2 is 1.32 bits per heavy atom. The molecule has 0 atom stereocenters. The zero-order chi connectivity index (χ0) is 13.5. The van der Waals surface area contributed by atoms with Gasteiger partial charge in [-0.05, 0) is 12.1 Å². The lowest BCUT2D eigenvalue weighted by molar-refractivity contribution is 0.433. The van der Waals surface area contributed by atoms with E-state index in [0.717, 1.165) is 0 Å². The molecule has 1 aliphatic rings. The Balaban J connectivity index is 2.39. The summed E-state index contributed by atoms with van der Waals surface area (Å²) >= 11 is 0. The molecule has 0 radical (unpaired) electrons. The van der Waals surface area contributed by atoms with Crippen molar-refractivity contribution in [1.82, 2.24) is 0 Å². The Bertz CT molecular complexity index is 810. The predicted molar refractivity (Wildman–Crippen MR) is 68.4 cm³/mol. The molecule has 5 nitrogen and oxygen atoms in total. The van der Waals surface area contributed by atoms with Gasteiger partial charge in [0.25, 0.3) is 0 Å². The highest BCUT2D eigenvalue weighted by atomic mass is 32.2. The summed E-state index contributed by atoms with van der Waals surface area (Å²) < 4.78 is 33.2. The molecule has 0 aliphatic carbocycles. The third kappa shape index (κ3) is 1.76. The molecule has 0 amide bonds. The molecule has 0 fully saturated rings. The second kappa shape index (κ2) is 3.97. The minimum Gasteiger partial charge on any atom is -0.282 e. The molecule has 2 aromatic rings. The maximum absolute atomic E-state index is 11.8. The maximum atomic E-state index is 11.8. The van der Waals surface area contributed by atoms with Gasteiger partial charge in [-0.3, -0.25) is 4.55 Å². The lowest BCUT2D eigenvalue weighted by Crippen LogP contribution is -2.31. The van der Waals surface area contributed by atoms with Crippen molar-refractivity contribution in [1.29, 1.82) is 0 Å². The first-order chi connectivity index (χ1) is 9.03. The number of benzene rings is 2. The average Bonchev–Trinajstić information content (AvgIpc) is 2.80. The Hall–Kier alpha value is -2.05. The molecule has 1 heterocycles. The summed E-state index contributed by atoms with van der Waals surface area (Å²) in [5.41, 5.74) is 0.314. The fourth-order valence-electron chi connectivity index (χ4n) is 2.05. The van der Waals surface area contributed by atoms with Gasteiger partial charge in [0.1, 0.15) is 0 Å². The van der Waals surface area contributed by atoms with Gasteiger partial charge in [-0.15, -0.1) is 0 Å². The van der Waals surface area contributed by atoms with Crippen LogP contribution in [0.4, 0.5) is 0 Å². The molecule has 0 unspecified atom stereocenters. The van der Waals surface area contributed by atoms with Gasteiger partial charge in [0.2, 0.25) is 0 Å². The zero-order valence-electron chi connectivity index (χ0n) is 9.76. The fourth-order valence-corrected chi connectivity index (χ4v) is 2.91. The summed E-state index contributed by atoms with van der Waals surface area (Å²) in [6.45, 7) is 0. The monoisotopic (exact) mass is 274 g/mol. The first-order valence-electron chi connectivity index (χ1n) is 5.60. The summed E-state index contributed by atoms with van der Waals surface area (Å²) in [7, 11) is -4.52. The standard InChI is InChI=1S/C13H10N2O3S/c16-19(17,18)13(10-6-2-1-3-7-10)14-11-8-4-5-9-12(11)15-13/h1-9H,(H,16,17,18). The van der Waals surface area contributed by atoms with Gasteiger partial charge in [-0.25, -0.2) is 9.98 Å². The smallest absolute Gasteiger partial charge is 0.282 e. The van der Waals surface area contributed by atoms with Crippen LogP contribution in [-0.4, -0.2) is 13.0 Å². The number of para-hydroxylation sites is 2. The SMILES string of the molecule is O=S(=O)(O)C1(c2ccccc2)N=c2ccccc2=N1. The number of rotatable bonds is 2. The summed E-state index contributed by atoms with van der Waals surface area (Å²) in [6, 6.07) is 15.1. The van der Waals surface area contributed by atoms with Crippen LogP contribution in [0.3, 0.4) is 0 Å². The molecule has 1 aliphatic heterocycles.